The lowest BCUT2D eigenvalue weighted by molar-refractivity contribution is -0.130. The second-order valence-electron chi connectivity index (χ2n) is 7.87. The van der Waals surface area contributed by atoms with Gasteiger partial charge in [-0.15, -0.1) is 0 Å². The molecule has 1 saturated heterocycles. The Morgan fingerprint density at radius 3 is 2.58 bits per heavy atom. The van der Waals surface area contributed by atoms with E-state index in [0.717, 1.165) is 44.5 Å². The fourth-order valence-corrected chi connectivity index (χ4v) is 3.57. The van der Waals surface area contributed by atoms with Crippen LogP contribution in [0, 0.1) is 19.3 Å². The average Bonchev–Trinajstić information content (AvgIpc) is 2.76. The summed E-state index contributed by atoms with van der Waals surface area (Å²) in [5, 5.41) is 13.9. The van der Waals surface area contributed by atoms with Crippen molar-refractivity contribution in [1.29, 1.82) is 5.41 Å². The van der Waals surface area contributed by atoms with E-state index in [-0.39, 0.29) is 11.5 Å². The van der Waals surface area contributed by atoms with Crippen molar-refractivity contribution in [2.75, 3.05) is 49.9 Å². The molecular formula is C22H31N7O2. The summed E-state index contributed by atoms with van der Waals surface area (Å²) in [5.74, 6) is 0.449. The van der Waals surface area contributed by atoms with Crippen LogP contribution in [0.25, 0.3) is 0 Å². The molecule has 0 saturated carbocycles. The normalized spacial score (nSPS) is 14.4. The first-order valence-corrected chi connectivity index (χ1v) is 10.5. The highest BCUT2D eigenvalue weighted by atomic mass is 16.2. The van der Waals surface area contributed by atoms with E-state index in [1.165, 1.54) is 11.1 Å². The molecule has 0 spiro atoms. The summed E-state index contributed by atoms with van der Waals surface area (Å²) in [6, 6.07) is 6.21. The van der Waals surface area contributed by atoms with Crippen molar-refractivity contribution in [3.05, 3.63) is 50.9 Å². The number of hydrogen-bond acceptors (Lipinski definition) is 7. The monoisotopic (exact) mass is 425 g/mol. The van der Waals surface area contributed by atoms with Crippen LogP contribution in [-0.2, 0) is 11.3 Å². The van der Waals surface area contributed by atoms with E-state index < -0.39 is 0 Å². The molecule has 1 aromatic carbocycles. The summed E-state index contributed by atoms with van der Waals surface area (Å²) in [6.07, 6.45) is 1.09. The van der Waals surface area contributed by atoms with Gasteiger partial charge < -0.3 is 20.9 Å². The van der Waals surface area contributed by atoms with Crippen molar-refractivity contribution in [1.82, 2.24) is 19.8 Å². The molecule has 1 fully saturated rings. The molecule has 1 aliphatic rings. The van der Waals surface area contributed by atoms with Crippen LogP contribution in [0.1, 0.15) is 29.3 Å². The lowest BCUT2D eigenvalue weighted by Gasteiger charge is -2.34. The highest BCUT2D eigenvalue weighted by Crippen LogP contribution is 2.12. The van der Waals surface area contributed by atoms with Crippen LogP contribution in [0.15, 0.2) is 23.0 Å². The van der Waals surface area contributed by atoms with Gasteiger partial charge in [-0.25, -0.2) is 4.98 Å². The molecule has 0 radical (unpaired) electrons. The summed E-state index contributed by atoms with van der Waals surface area (Å²) >= 11 is 0. The Hall–Kier alpha value is -3.20. The fraction of sp³-hybridized carbons (Fsp3) is 0.455. The summed E-state index contributed by atoms with van der Waals surface area (Å²) in [5.41, 5.74) is 3.83. The van der Waals surface area contributed by atoms with E-state index in [4.69, 9.17) is 5.41 Å². The summed E-state index contributed by atoms with van der Waals surface area (Å²) in [7, 11) is 0. The van der Waals surface area contributed by atoms with Gasteiger partial charge in [0, 0.05) is 59.0 Å². The molecule has 3 rings (SSSR count). The third kappa shape index (κ3) is 5.91. The Morgan fingerprint density at radius 2 is 1.94 bits per heavy atom. The second kappa shape index (κ2) is 10.2. The number of amides is 1. The minimum atomic E-state index is -0.308. The molecule has 0 aliphatic carbocycles. The lowest BCUT2D eigenvalue weighted by Crippen LogP contribution is -2.49. The fourth-order valence-electron chi connectivity index (χ4n) is 3.57. The van der Waals surface area contributed by atoms with Crippen LogP contribution in [0.2, 0.25) is 0 Å². The number of aromatic amines is 1. The first-order valence-electron chi connectivity index (χ1n) is 10.5. The largest absolute Gasteiger partial charge is 0.377 e. The van der Waals surface area contributed by atoms with Gasteiger partial charge in [-0.05, 0) is 30.5 Å². The van der Waals surface area contributed by atoms with E-state index in [1.807, 2.05) is 11.0 Å². The molecule has 166 valence electrons. The highest BCUT2D eigenvalue weighted by Gasteiger charge is 2.18. The molecule has 2 heterocycles. The van der Waals surface area contributed by atoms with Gasteiger partial charge in [0.1, 0.15) is 11.4 Å². The molecule has 0 bridgehead atoms. The standard InChI is InChI=1S/C22H31N7O2/c1-15-4-5-18(12-16(15)2)14-25-22-26-19(13-23)20(21(31)27-22)24-6-7-28-8-10-29(11-9-28)17(3)30/h4-5,12-13,23-24H,6-11,14H2,1-3H3,(H2,25,26,27,31). The zero-order valence-electron chi connectivity index (χ0n) is 18.4. The summed E-state index contributed by atoms with van der Waals surface area (Å²) in [4.78, 5) is 35.2. The van der Waals surface area contributed by atoms with Crippen LogP contribution in [-0.4, -0.2) is 71.2 Å². The highest BCUT2D eigenvalue weighted by molar-refractivity contribution is 5.83. The number of carbonyl (C=O) groups excluding carboxylic acids is 1. The molecule has 31 heavy (non-hydrogen) atoms. The van der Waals surface area contributed by atoms with Crippen LogP contribution in [0.5, 0.6) is 0 Å². The Bertz CT molecular complexity index is 994. The topological polar surface area (TPSA) is 117 Å². The molecule has 2 aromatic rings. The Labute approximate surface area is 182 Å². The number of rotatable bonds is 8. The molecule has 1 amide bonds. The molecule has 0 atom stereocenters. The predicted octanol–water partition coefficient (Wildman–Crippen LogP) is 1.57. The quantitative estimate of drug-likeness (QED) is 0.477. The lowest BCUT2D eigenvalue weighted by atomic mass is 10.1. The maximum absolute atomic E-state index is 12.6. The van der Waals surface area contributed by atoms with Crippen LogP contribution in [0.3, 0.4) is 0 Å². The Balaban J connectivity index is 1.56. The zero-order chi connectivity index (χ0) is 22.4. The minimum Gasteiger partial charge on any atom is -0.377 e. The third-order valence-corrected chi connectivity index (χ3v) is 5.66. The van der Waals surface area contributed by atoms with E-state index in [1.54, 1.807) is 6.92 Å². The van der Waals surface area contributed by atoms with Crippen LogP contribution >= 0.6 is 0 Å². The number of aromatic nitrogens is 2. The average molecular weight is 426 g/mol. The molecule has 1 aromatic heterocycles. The Morgan fingerprint density at radius 1 is 1.19 bits per heavy atom. The van der Waals surface area contributed by atoms with E-state index in [2.05, 4.69) is 51.5 Å². The third-order valence-electron chi connectivity index (χ3n) is 5.66. The van der Waals surface area contributed by atoms with Crippen molar-refractivity contribution >= 4 is 23.8 Å². The van der Waals surface area contributed by atoms with Gasteiger partial charge in [0.2, 0.25) is 11.9 Å². The number of nitrogens with one attached hydrogen (secondary N) is 4. The maximum atomic E-state index is 12.6. The van der Waals surface area contributed by atoms with Crippen LogP contribution < -0.4 is 16.2 Å². The molecule has 1 aliphatic heterocycles. The first-order chi connectivity index (χ1) is 14.9. The molecule has 4 N–H and O–H groups in total. The SMILES string of the molecule is CC(=O)N1CCN(CCNc2c(C=N)nc(NCc3ccc(C)c(C)c3)[nH]c2=O)CC1. The minimum absolute atomic E-state index is 0.109. The number of anilines is 2. The van der Waals surface area contributed by atoms with Gasteiger partial charge in [0.25, 0.3) is 5.56 Å². The summed E-state index contributed by atoms with van der Waals surface area (Å²) < 4.78 is 0. The second-order valence-corrected chi connectivity index (χ2v) is 7.87. The number of carbonyl (C=O) groups is 1. The van der Waals surface area contributed by atoms with E-state index >= 15 is 0 Å². The van der Waals surface area contributed by atoms with E-state index in [0.29, 0.717) is 30.4 Å². The summed E-state index contributed by atoms with van der Waals surface area (Å²) in [6.45, 7) is 10.6. The number of nitrogens with zero attached hydrogens (tertiary/aromatic N) is 3. The molecule has 9 nitrogen and oxygen atoms in total. The Kier molecular flexibility index (Phi) is 7.41. The van der Waals surface area contributed by atoms with E-state index in [9.17, 15) is 9.59 Å². The van der Waals surface area contributed by atoms with Gasteiger partial charge in [-0.1, -0.05) is 18.2 Å². The molecule has 0 unspecified atom stereocenters. The number of hydrogen-bond donors (Lipinski definition) is 4. The smallest absolute Gasteiger partial charge is 0.276 e. The zero-order valence-corrected chi connectivity index (χ0v) is 18.4. The van der Waals surface area contributed by atoms with Crippen molar-refractivity contribution in [3.63, 3.8) is 0 Å². The van der Waals surface area contributed by atoms with Crippen molar-refractivity contribution in [2.24, 2.45) is 0 Å². The predicted molar refractivity (Wildman–Crippen MR) is 123 cm³/mol. The van der Waals surface area contributed by atoms with Crippen molar-refractivity contribution in [3.8, 4) is 0 Å². The van der Waals surface area contributed by atoms with Crippen molar-refractivity contribution < 1.29 is 4.79 Å². The number of H-pyrrole nitrogens is 1. The van der Waals surface area contributed by atoms with Crippen molar-refractivity contribution in [2.45, 2.75) is 27.3 Å². The number of piperazine rings is 1. The maximum Gasteiger partial charge on any atom is 0.276 e. The molecular weight excluding hydrogens is 394 g/mol. The van der Waals surface area contributed by atoms with Gasteiger partial charge in [0.15, 0.2) is 0 Å². The van der Waals surface area contributed by atoms with Gasteiger partial charge >= 0.3 is 0 Å². The van der Waals surface area contributed by atoms with Gasteiger partial charge in [-0.3, -0.25) is 19.5 Å². The number of benzene rings is 1. The first kappa shape index (κ1) is 22.5. The molecule has 9 heteroatoms. The van der Waals surface area contributed by atoms with Gasteiger partial charge in [-0.2, -0.15) is 0 Å². The number of aryl methyl sites for hydroxylation is 2. The van der Waals surface area contributed by atoms with Gasteiger partial charge in [0.05, 0.1) is 0 Å². The van der Waals surface area contributed by atoms with Crippen LogP contribution in [0.4, 0.5) is 11.6 Å².